The van der Waals surface area contributed by atoms with Crippen molar-refractivity contribution in [1.29, 1.82) is 0 Å². The van der Waals surface area contributed by atoms with Crippen LogP contribution in [0.25, 0.3) is 0 Å². The van der Waals surface area contributed by atoms with E-state index in [-0.39, 0.29) is 5.82 Å². The maximum Gasteiger partial charge on any atom is 0.124 e. The molecule has 1 N–H and O–H groups in total. The average molecular weight is 329 g/mol. The molecule has 0 saturated heterocycles. The smallest absolute Gasteiger partial charge is 0.124 e. The molecule has 0 unspecified atom stereocenters. The van der Waals surface area contributed by atoms with E-state index in [4.69, 9.17) is 11.6 Å². The fourth-order valence-electron chi connectivity index (χ4n) is 1.66. The maximum absolute atomic E-state index is 13.0. The highest BCUT2D eigenvalue weighted by molar-refractivity contribution is 9.10. The molecular weight excluding hydrogens is 317 g/mol. The zero-order chi connectivity index (χ0) is 13.0. The summed E-state index contributed by atoms with van der Waals surface area (Å²) in [7, 11) is 0. The molecule has 2 aromatic carbocycles. The normalized spacial score (nSPS) is 10.4. The molecule has 2 rings (SSSR count). The number of para-hydroxylation sites is 1. The van der Waals surface area contributed by atoms with Crippen LogP contribution in [0.2, 0.25) is 0 Å². The Hall–Kier alpha value is -1.06. The van der Waals surface area contributed by atoms with E-state index in [0.717, 1.165) is 21.3 Å². The SMILES string of the molecule is Fc1ccc(CNc2ccccc2CCl)c(Br)c1. The molecule has 0 radical (unpaired) electrons. The van der Waals surface area contributed by atoms with Crippen molar-refractivity contribution in [2.75, 3.05) is 5.32 Å². The lowest BCUT2D eigenvalue weighted by Gasteiger charge is -2.11. The fourth-order valence-corrected chi connectivity index (χ4v) is 2.39. The van der Waals surface area contributed by atoms with Gasteiger partial charge in [0.05, 0.1) is 0 Å². The van der Waals surface area contributed by atoms with E-state index in [9.17, 15) is 4.39 Å². The summed E-state index contributed by atoms with van der Waals surface area (Å²) in [6.07, 6.45) is 0. The number of anilines is 1. The molecule has 0 aromatic heterocycles. The summed E-state index contributed by atoms with van der Waals surface area (Å²) in [5.41, 5.74) is 3.06. The summed E-state index contributed by atoms with van der Waals surface area (Å²) in [5, 5.41) is 3.30. The van der Waals surface area contributed by atoms with E-state index in [1.54, 1.807) is 6.07 Å². The molecule has 0 amide bonds. The number of rotatable bonds is 4. The Morgan fingerprint density at radius 3 is 2.61 bits per heavy atom. The zero-order valence-corrected chi connectivity index (χ0v) is 11.9. The molecule has 4 heteroatoms. The molecule has 0 aliphatic heterocycles. The molecule has 0 aliphatic carbocycles. The number of hydrogen-bond acceptors (Lipinski definition) is 1. The lowest BCUT2D eigenvalue weighted by Crippen LogP contribution is -2.02. The second kappa shape index (κ2) is 6.21. The summed E-state index contributed by atoms with van der Waals surface area (Å²) in [5.74, 6) is 0.222. The molecule has 18 heavy (non-hydrogen) atoms. The van der Waals surface area contributed by atoms with Crippen LogP contribution in [0.3, 0.4) is 0 Å². The number of hydrogen-bond donors (Lipinski definition) is 1. The standard InChI is InChI=1S/C14H12BrClFN/c15-13-7-12(17)6-5-11(13)9-18-14-4-2-1-3-10(14)8-16/h1-7,18H,8-9H2. The van der Waals surface area contributed by atoms with Gasteiger partial charge < -0.3 is 5.32 Å². The molecule has 1 nitrogen and oxygen atoms in total. The Labute approximate surface area is 119 Å². The quantitative estimate of drug-likeness (QED) is 0.784. The highest BCUT2D eigenvalue weighted by atomic mass is 79.9. The van der Waals surface area contributed by atoms with Gasteiger partial charge in [-0.25, -0.2) is 4.39 Å². The van der Waals surface area contributed by atoms with Gasteiger partial charge in [-0.3, -0.25) is 0 Å². The van der Waals surface area contributed by atoms with Crippen LogP contribution in [0.5, 0.6) is 0 Å². The molecule has 94 valence electrons. The monoisotopic (exact) mass is 327 g/mol. The van der Waals surface area contributed by atoms with Crippen molar-refractivity contribution in [3.8, 4) is 0 Å². The van der Waals surface area contributed by atoms with Gasteiger partial charge in [0.15, 0.2) is 0 Å². The fraction of sp³-hybridized carbons (Fsp3) is 0.143. The van der Waals surface area contributed by atoms with E-state index in [2.05, 4.69) is 21.2 Å². The summed E-state index contributed by atoms with van der Waals surface area (Å²) >= 11 is 9.22. The first-order valence-electron chi connectivity index (χ1n) is 5.52. The Morgan fingerprint density at radius 2 is 1.89 bits per heavy atom. The van der Waals surface area contributed by atoms with Gasteiger partial charge >= 0.3 is 0 Å². The highest BCUT2D eigenvalue weighted by Gasteiger charge is 2.03. The van der Waals surface area contributed by atoms with Crippen molar-refractivity contribution < 1.29 is 4.39 Å². The summed E-state index contributed by atoms with van der Waals surface area (Å²) in [6, 6.07) is 12.5. The molecule has 0 fully saturated rings. The first-order chi connectivity index (χ1) is 8.70. The van der Waals surface area contributed by atoms with Crippen molar-refractivity contribution >= 4 is 33.2 Å². The van der Waals surface area contributed by atoms with Gasteiger partial charge in [0.2, 0.25) is 0 Å². The number of benzene rings is 2. The second-order valence-electron chi connectivity index (χ2n) is 3.88. The topological polar surface area (TPSA) is 12.0 Å². The first kappa shape index (κ1) is 13.4. The minimum Gasteiger partial charge on any atom is -0.381 e. The highest BCUT2D eigenvalue weighted by Crippen LogP contribution is 2.21. The van der Waals surface area contributed by atoms with E-state index in [1.807, 2.05) is 24.3 Å². The maximum atomic E-state index is 13.0. The van der Waals surface area contributed by atoms with Crippen LogP contribution in [0.15, 0.2) is 46.9 Å². The van der Waals surface area contributed by atoms with Gasteiger partial charge in [-0.1, -0.05) is 40.2 Å². The van der Waals surface area contributed by atoms with Crippen LogP contribution < -0.4 is 5.32 Å². The largest absolute Gasteiger partial charge is 0.381 e. The first-order valence-corrected chi connectivity index (χ1v) is 6.85. The summed E-state index contributed by atoms with van der Waals surface area (Å²) in [6.45, 7) is 0.620. The van der Waals surface area contributed by atoms with E-state index in [0.29, 0.717) is 12.4 Å². The van der Waals surface area contributed by atoms with E-state index in [1.165, 1.54) is 12.1 Å². The van der Waals surface area contributed by atoms with Crippen molar-refractivity contribution in [3.63, 3.8) is 0 Å². The predicted molar refractivity (Wildman–Crippen MR) is 77.4 cm³/mol. The van der Waals surface area contributed by atoms with Crippen molar-refractivity contribution in [2.24, 2.45) is 0 Å². The third-order valence-corrected chi connectivity index (χ3v) is 3.67. The summed E-state index contributed by atoms with van der Waals surface area (Å²) < 4.78 is 13.7. The lowest BCUT2D eigenvalue weighted by molar-refractivity contribution is 0.626. The van der Waals surface area contributed by atoms with Crippen molar-refractivity contribution in [1.82, 2.24) is 0 Å². The van der Waals surface area contributed by atoms with E-state index < -0.39 is 0 Å². The molecule has 0 atom stereocenters. The predicted octanol–water partition coefficient (Wildman–Crippen LogP) is 4.94. The van der Waals surface area contributed by atoms with Crippen LogP contribution in [0.1, 0.15) is 11.1 Å². The molecule has 0 bridgehead atoms. The zero-order valence-electron chi connectivity index (χ0n) is 9.59. The lowest BCUT2D eigenvalue weighted by atomic mass is 10.1. The second-order valence-corrected chi connectivity index (χ2v) is 5.00. The van der Waals surface area contributed by atoms with Gasteiger partial charge in [-0.15, -0.1) is 11.6 Å². The molecule has 0 spiro atoms. The molecule has 0 saturated carbocycles. The Kier molecular flexibility index (Phi) is 4.61. The van der Waals surface area contributed by atoms with Gasteiger partial charge in [0.25, 0.3) is 0 Å². The molecular formula is C14H12BrClFN. The number of alkyl halides is 1. The Balaban J connectivity index is 2.11. The van der Waals surface area contributed by atoms with Crippen LogP contribution in [0.4, 0.5) is 10.1 Å². The average Bonchev–Trinajstić information content (AvgIpc) is 2.38. The number of nitrogens with one attached hydrogen (secondary N) is 1. The van der Waals surface area contributed by atoms with Crippen LogP contribution in [0, 0.1) is 5.82 Å². The van der Waals surface area contributed by atoms with Crippen LogP contribution in [-0.2, 0) is 12.4 Å². The van der Waals surface area contributed by atoms with E-state index >= 15 is 0 Å². The summed E-state index contributed by atoms with van der Waals surface area (Å²) in [4.78, 5) is 0. The van der Waals surface area contributed by atoms with Gasteiger partial charge in [0.1, 0.15) is 5.82 Å². The molecule has 0 aliphatic rings. The number of halogens is 3. The third-order valence-electron chi connectivity index (χ3n) is 2.65. The van der Waals surface area contributed by atoms with Crippen LogP contribution >= 0.6 is 27.5 Å². The van der Waals surface area contributed by atoms with Gasteiger partial charge in [-0.2, -0.15) is 0 Å². The molecule has 0 heterocycles. The van der Waals surface area contributed by atoms with Crippen LogP contribution in [-0.4, -0.2) is 0 Å². The molecule has 2 aromatic rings. The Bertz CT molecular complexity index is 545. The Morgan fingerprint density at radius 1 is 1.11 bits per heavy atom. The van der Waals surface area contributed by atoms with Crippen molar-refractivity contribution in [2.45, 2.75) is 12.4 Å². The van der Waals surface area contributed by atoms with Crippen molar-refractivity contribution in [3.05, 3.63) is 63.9 Å². The minimum absolute atomic E-state index is 0.244. The van der Waals surface area contributed by atoms with Gasteiger partial charge in [0, 0.05) is 22.6 Å². The minimum atomic E-state index is -0.244. The third kappa shape index (κ3) is 3.24. The van der Waals surface area contributed by atoms with Gasteiger partial charge in [-0.05, 0) is 29.3 Å².